The maximum atomic E-state index is 11.4. The van der Waals surface area contributed by atoms with E-state index in [2.05, 4.69) is 12.2 Å². The Bertz CT molecular complexity index is 346. The van der Waals surface area contributed by atoms with Crippen molar-refractivity contribution >= 4 is 17.4 Å². The fourth-order valence-electron chi connectivity index (χ4n) is 1.37. The summed E-state index contributed by atoms with van der Waals surface area (Å²) in [5, 5.41) is 2.58. The molecule has 0 bridgehead atoms. The molecule has 3 nitrogen and oxygen atoms in total. The number of unbranched alkanes of at least 4 members (excludes halogenated alkanes) is 2. The number of carbonyl (C=O) groups is 2. The van der Waals surface area contributed by atoms with Crippen LogP contribution in [-0.2, 0) is 9.59 Å². The molecule has 1 N–H and O–H groups in total. The minimum Gasteiger partial charge on any atom is -0.319 e. The maximum absolute atomic E-state index is 11.4. The zero-order valence-corrected chi connectivity index (χ0v) is 9.53. The van der Waals surface area contributed by atoms with Gasteiger partial charge in [0.1, 0.15) is 0 Å². The van der Waals surface area contributed by atoms with Crippen molar-refractivity contribution in [3.8, 4) is 0 Å². The van der Waals surface area contributed by atoms with Gasteiger partial charge in [0.25, 0.3) is 5.91 Å². The summed E-state index contributed by atoms with van der Waals surface area (Å²) in [5.74, 6) is -0.848. The van der Waals surface area contributed by atoms with E-state index >= 15 is 0 Å². The van der Waals surface area contributed by atoms with Crippen molar-refractivity contribution in [2.24, 2.45) is 0 Å². The van der Waals surface area contributed by atoms with E-state index in [1.807, 2.05) is 18.2 Å². The van der Waals surface area contributed by atoms with E-state index < -0.39 is 5.91 Å². The molecule has 0 aliphatic carbocycles. The van der Waals surface area contributed by atoms with Crippen molar-refractivity contribution < 1.29 is 9.59 Å². The number of hydrogen-bond donors (Lipinski definition) is 1. The molecule has 3 heteroatoms. The summed E-state index contributed by atoms with van der Waals surface area (Å²) in [6.07, 6.45) is 3.17. The molecule has 16 heavy (non-hydrogen) atoms. The summed E-state index contributed by atoms with van der Waals surface area (Å²) in [6.45, 7) is 2.06. The van der Waals surface area contributed by atoms with Crippen molar-refractivity contribution in [1.29, 1.82) is 0 Å². The fraction of sp³-hybridized carbons (Fsp3) is 0.385. The standard InChI is InChI=1S/C13H17NO2/c1-2-3-5-10-12(15)13(16)14-11-8-6-4-7-9-11/h4,6-9H,2-3,5,10H2,1H3,(H,14,16). The third kappa shape index (κ3) is 4.26. The quantitative estimate of drug-likeness (QED) is 0.590. The molecule has 1 rings (SSSR count). The first-order valence-corrected chi connectivity index (χ1v) is 5.63. The predicted molar refractivity (Wildman–Crippen MR) is 64.2 cm³/mol. The highest BCUT2D eigenvalue weighted by Gasteiger charge is 2.12. The molecule has 0 aliphatic rings. The summed E-state index contributed by atoms with van der Waals surface area (Å²) in [7, 11) is 0. The van der Waals surface area contributed by atoms with Crippen LogP contribution in [0.2, 0.25) is 0 Å². The zero-order valence-electron chi connectivity index (χ0n) is 9.53. The molecule has 1 amide bonds. The number of hydrogen-bond acceptors (Lipinski definition) is 2. The van der Waals surface area contributed by atoms with Gasteiger partial charge in [-0.2, -0.15) is 0 Å². The molecule has 0 radical (unpaired) electrons. The maximum Gasteiger partial charge on any atom is 0.291 e. The predicted octanol–water partition coefficient (Wildman–Crippen LogP) is 2.77. The van der Waals surface area contributed by atoms with Gasteiger partial charge in [0, 0.05) is 12.1 Å². The number of anilines is 1. The number of nitrogens with one attached hydrogen (secondary N) is 1. The summed E-state index contributed by atoms with van der Waals surface area (Å²) in [6, 6.07) is 9.02. The van der Waals surface area contributed by atoms with Crippen LogP contribution in [0.15, 0.2) is 30.3 Å². The number of benzene rings is 1. The fourth-order valence-corrected chi connectivity index (χ4v) is 1.37. The molecule has 0 aromatic heterocycles. The van der Waals surface area contributed by atoms with Crippen LogP contribution in [0.5, 0.6) is 0 Å². The molecule has 0 saturated heterocycles. The minimum absolute atomic E-state index is 0.336. The summed E-state index contributed by atoms with van der Waals surface area (Å²) in [5.41, 5.74) is 0.663. The highest BCUT2D eigenvalue weighted by atomic mass is 16.2. The Morgan fingerprint density at radius 2 is 1.81 bits per heavy atom. The van der Waals surface area contributed by atoms with Crippen molar-refractivity contribution in [2.45, 2.75) is 32.6 Å². The van der Waals surface area contributed by atoms with Gasteiger partial charge in [0.2, 0.25) is 5.78 Å². The molecule has 1 aromatic rings. The second-order valence-electron chi connectivity index (χ2n) is 3.70. The Hall–Kier alpha value is -1.64. The van der Waals surface area contributed by atoms with Crippen molar-refractivity contribution in [3.05, 3.63) is 30.3 Å². The first-order chi connectivity index (χ1) is 7.74. The van der Waals surface area contributed by atoms with Crippen LogP contribution in [0.3, 0.4) is 0 Å². The molecule has 0 atom stereocenters. The van der Waals surface area contributed by atoms with Gasteiger partial charge >= 0.3 is 0 Å². The Morgan fingerprint density at radius 1 is 1.12 bits per heavy atom. The van der Waals surface area contributed by atoms with E-state index in [9.17, 15) is 9.59 Å². The SMILES string of the molecule is CCCCCC(=O)C(=O)Nc1ccccc1. The van der Waals surface area contributed by atoms with Crippen LogP contribution in [0.25, 0.3) is 0 Å². The number of amides is 1. The second kappa shape index (κ2) is 6.77. The van der Waals surface area contributed by atoms with Crippen LogP contribution in [-0.4, -0.2) is 11.7 Å². The normalized spacial score (nSPS) is 9.81. The van der Waals surface area contributed by atoms with Crippen LogP contribution < -0.4 is 5.32 Å². The molecule has 0 fully saturated rings. The lowest BCUT2D eigenvalue weighted by Gasteiger charge is -2.03. The topological polar surface area (TPSA) is 46.2 Å². The lowest BCUT2D eigenvalue weighted by atomic mass is 10.1. The van der Waals surface area contributed by atoms with Gasteiger partial charge in [-0.1, -0.05) is 38.0 Å². The average molecular weight is 219 g/mol. The zero-order chi connectivity index (χ0) is 11.8. The lowest BCUT2D eigenvalue weighted by Crippen LogP contribution is -2.22. The van der Waals surface area contributed by atoms with E-state index in [-0.39, 0.29) is 5.78 Å². The Balaban J connectivity index is 2.38. The van der Waals surface area contributed by atoms with Gasteiger partial charge in [0.15, 0.2) is 0 Å². The van der Waals surface area contributed by atoms with E-state index in [4.69, 9.17) is 0 Å². The van der Waals surface area contributed by atoms with Gasteiger partial charge in [-0.25, -0.2) is 0 Å². The van der Waals surface area contributed by atoms with Crippen LogP contribution in [0.1, 0.15) is 32.6 Å². The Morgan fingerprint density at radius 3 is 2.44 bits per heavy atom. The van der Waals surface area contributed by atoms with Crippen LogP contribution in [0, 0.1) is 0 Å². The van der Waals surface area contributed by atoms with E-state index in [0.717, 1.165) is 19.3 Å². The van der Waals surface area contributed by atoms with E-state index in [1.54, 1.807) is 12.1 Å². The van der Waals surface area contributed by atoms with Crippen LogP contribution >= 0.6 is 0 Å². The lowest BCUT2D eigenvalue weighted by molar-refractivity contribution is -0.134. The summed E-state index contributed by atoms with van der Waals surface area (Å²) in [4.78, 5) is 22.9. The molecular weight excluding hydrogens is 202 g/mol. The van der Waals surface area contributed by atoms with E-state index in [1.165, 1.54) is 0 Å². The highest BCUT2D eigenvalue weighted by Crippen LogP contribution is 2.06. The van der Waals surface area contributed by atoms with Gasteiger partial charge < -0.3 is 5.32 Å². The molecule has 0 unspecified atom stereocenters. The number of carbonyl (C=O) groups excluding carboxylic acids is 2. The molecule has 86 valence electrons. The highest BCUT2D eigenvalue weighted by molar-refractivity contribution is 6.40. The third-order valence-corrected chi connectivity index (χ3v) is 2.29. The van der Waals surface area contributed by atoms with Gasteiger partial charge in [-0.15, -0.1) is 0 Å². The monoisotopic (exact) mass is 219 g/mol. The summed E-state index contributed by atoms with van der Waals surface area (Å²) < 4.78 is 0. The Labute approximate surface area is 95.9 Å². The number of para-hydroxylation sites is 1. The third-order valence-electron chi connectivity index (χ3n) is 2.29. The molecule has 1 aromatic carbocycles. The van der Waals surface area contributed by atoms with Gasteiger partial charge in [-0.05, 0) is 18.6 Å². The number of rotatable bonds is 6. The first kappa shape index (κ1) is 12.4. The second-order valence-corrected chi connectivity index (χ2v) is 3.70. The van der Waals surface area contributed by atoms with Crippen molar-refractivity contribution in [2.75, 3.05) is 5.32 Å². The molecule has 0 spiro atoms. The summed E-state index contributed by atoms with van der Waals surface area (Å²) >= 11 is 0. The Kier molecular flexibility index (Phi) is 5.26. The molecular formula is C13H17NO2. The average Bonchev–Trinajstić information content (AvgIpc) is 2.30. The smallest absolute Gasteiger partial charge is 0.291 e. The molecule has 0 saturated carbocycles. The van der Waals surface area contributed by atoms with Crippen LogP contribution in [0.4, 0.5) is 5.69 Å². The number of ketones is 1. The van der Waals surface area contributed by atoms with Gasteiger partial charge in [0.05, 0.1) is 0 Å². The largest absolute Gasteiger partial charge is 0.319 e. The molecule has 0 aliphatic heterocycles. The van der Waals surface area contributed by atoms with Gasteiger partial charge in [-0.3, -0.25) is 9.59 Å². The first-order valence-electron chi connectivity index (χ1n) is 5.63. The van der Waals surface area contributed by atoms with Crippen molar-refractivity contribution in [1.82, 2.24) is 0 Å². The number of Topliss-reactive ketones (excluding diaryl/α,β-unsaturated/α-hetero) is 1. The van der Waals surface area contributed by atoms with Crippen molar-refractivity contribution in [3.63, 3.8) is 0 Å². The minimum atomic E-state index is -0.512. The van der Waals surface area contributed by atoms with E-state index in [0.29, 0.717) is 12.1 Å². The molecule has 0 heterocycles.